The number of H-pyrrole nitrogens is 1. The fourth-order valence-electron chi connectivity index (χ4n) is 4.74. The number of hydrogen-bond donors (Lipinski definition) is 4. The highest BCUT2D eigenvalue weighted by Gasteiger charge is 2.14. The van der Waals surface area contributed by atoms with Gasteiger partial charge in [0, 0.05) is 42.3 Å². The third-order valence-corrected chi connectivity index (χ3v) is 6.82. The van der Waals surface area contributed by atoms with Gasteiger partial charge in [0.2, 0.25) is 5.91 Å². The molecule has 3 N–H and O–H groups in total. The Morgan fingerprint density at radius 1 is 0.941 bits per heavy atom. The van der Waals surface area contributed by atoms with Gasteiger partial charge in [-0.25, -0.2) is 0 Å². The molecular weight excluding hydrogens is 680 g/mol. The van der Waals surface area contributed by atoms with Gasteiger partial charge in [0.05, 0.1) is 19.2 Å². The van der Waals surface area contributed by atoms with Crippen LogP contribution in [0.1, 0.15) is 47.0 Å². The summed E-state index contributed by atoms with van der Waals surface area (Å²) in [5.41, 5.74) is 2.50. The van der Waals surface area contributed by atoms with Gasteiger partial charge in [-0.3, -0.25) is 14.4 Å². The Morgan fingerprint density at radius 3 is 2.25 bits per heavy atom. The van der Waals surface area contributed by atoms with E-state index < -0.39 is 11.2 Å². The number of benzene rings is 3. The number of hydrogen-bond acceptors (Lipinski definition) is 11. The third-order valence-electron chi connectivity index (χ3n) is 6.82. The summed E-state index contributed by atoms with van der Waals surface area (Å²) in [6.07, 6.45) is 1.81. The highest BCUT2D eigenvalue weighted by atomic mass is 32.1. The number of rotatable bonds is 19. The molecule has 1 heterocycles. The first-order valence-corrected chi connectivity index (χ1v) is 17.1. The van der Waals surface area contributed by atoms with Gasteiger partial charge in [0.15, 0.2) is 17.1 Å². The van der Waals surface area contributed by atoms with Gasteiger partial charge in [-0.15, -0.1) is 22.7 Å². The summed E-state index contributed by atoms with van der Waals surface area (Å²) >= 11 is 3.11. The number of fused-ring (bicyclic) bond motifs is 3. The van der Waals surface area contributed by atoms with Crippen molar-refractivity contribution in [2.24, 2.45) is 0 Å². The van der Waals surface area contributed by atoms with Crippen molar-refractivity contribution >= 4 is 52.4 Å². The van der Waals surface area contributed by atoms with Gasteiger partial charge in [0.25, 0.3) is 11.6 Å². The van der Waals surface area contributed by atoms with Gasteiger partial charge >= 0.3 is 0 Å². The summed E-state index contributed by atoms with van der Waals surface area (Å²) in [4.78, 5) is 47.6. The molecule has 0 aliphatic rings. The van der Waals surface area contributed by atoms with Crippen molar-refractivity contribution in [2.45, 2.75) is 59.1 Å². The molecule has 0 fully saturated rings. The van der Waals surface area contributed by atoms with Crippen LogP contribution in [0.4, 0.5) is 0 Å². The minimum absolute atomic E-state index is 0.0564. The van der Waals surface area contributed by atoms with Gasteiger partial charge in [-0.05, 0) is 56.5 Å². The standard InChI is InChI=1S/C25H26N2O5.C8H16N2O4.C2H6.CH2OS/c1-29-22-10-4-5-11-23(22)30-14-13-26-15-18(32-17-28)16-31-24-12-6-9-21-25(24)19-7-2-3-8-20(19)27-21;1-7(9-8(2)11)5-3-4-6-14-10(12)13;1-2;2-1-3/h2-12,17-18,26-27H,13-16H2,1H3;7H,3-6H2,1-2H3,(H,9,11);1-2H3;1H,(H,2,3). The van der Waals surface area contributed by atoms with E-state index in [0.29, 0.717) is 49.7 Å². The van der Waals surface area contributed by atoms with E-state index in [1.54, 1.807) is 7.11 Å². The van der Waals surface area contributed by atoms with Gasteiger partial charge < -0.3 is 39.4 Å². The molecule has 1 aromatic heterocycles. The van der Waals surface area contributed by atoms with Crippen molar-refractivity contribution in [2.75, 3.05) is 40.0 Å². The molecule has 0 aliphatic heterocycles. The van der Waals surface area contributed by atoms with Crippen molar-refractivity contribution in [3.8, 4) is 17.2 Å². The molecule has 51 heavy (non-hydrogen) atoms. The van der Waals surface area contributed by atoms with Crippen LogP contribution < -0.4 is 24.8 Å². The second-order valence-corrected chi connectivity index (χ2v) is 10.7. The number of aromatic amines is 1. The van der Waals surface area contributed by atoms with Crippen LogP contribution in [0.2, 0.25) is 0 Å². The first-order valence-electron chi connectivity index (χ1n) is 16.5. The van der Waals surface area contributed by atoms with E-state index in [1.165, 1.54) is 6.92 Å². The number of carbonyl (C=O) groups is 3. The molecule has 4 rings (SSSR count). The Balaban J connectivity index is 0.000000575. The number of para-hydroxylation sites is 3. The maximum absolute atomic E-state index is 11.0. The van der Waals surface area contributed by atoms with Crippen LogP contribution in [0.15, 0.2) is 66.7 Å². The Kier molecular flexibility index (Phi) is 23.1. The number of nitrogens with one attached hydrogen (secondary N) is 3. The molecule has 2 atom stereocenters. The van der Waals surface area contributed by atoms with Crippen molar-refractivity contribution in [1.82, 2.24) is 15.6 Å². The monoisotopic (exact) mass is 730 g/mol. The Bertz CT molecular complexity index is 1590. The van der Waals surface area contributed by atoms with Crippen LogP contribution in [0.5, 0.6) is 17.2 Å². The van der Waals surface area contributed by atoms with E-state index in [-0.39, 0.29) is 25.2 Å². The molecule has 0 spiro atoms. The van der Waals surface area contributed by atoms with E-state index in [1.807, 2.05) is 81.4 Å². The average Bonchev–Trinajstić information content (AvgIpc) is 3.51. The second kappa shape index (κ2) is 26.8. The first kappa shape index (κ1) is 44.0. The summed E-state index contributed by atoms with van der Waals surface area (Å²) in [6.45, 7) is 9.64. The summed E-state index contributed by atoms with van der Waals surface area (Å²) in [6, 6.07) is 21.6. The van der Waals surface area contributed by atoms with E-state index in [0.717, 1.165) is 40.4 Å². The zero-order chi connectivity index (χ0) is 37.9. The lowest BCUT2D eigenvalue weighted by atomic mass is 10.1. The van der Waals surface area contributed by atoms with Crippen LogP contribution in [0.3, 0.4) is 0 Å². The average molecular weight is 731 g/mol. The Labute approximate surface area is 304 Å². The number of ether oxygens (including phenoxy) is 4. The fourth-order valence-corrected chi connectivity index (χ4v) is 4.74. The predicted molar refractivity (Wildman–Crippen MR) is 201 cm³/mol. The first-order chi connectivity index (χ1) is 24.7. The SMILES string of the molecule is CC.CC(=O)NC(C)CCCCO[N+](=O)[O-].COc1ccccc1OCCNCC(COc1cccc2[nH]c3ccccc3c12)OC=O.O=CS. The van der Waals surface area contributed by atoms with Crippen molar-refractivity contribution in [3.63, 3.8) is 0 Å². The molecule has 1 amide bonds. The molecule has 0 aliphatic carbocycles. The number of amides is 1. The van der Waals surface area contributed by atoms with E-state index in [2.05, 4.69) is 39.2 Å². The fraction of sp³-hybridized carbons (Fsp3) is 0.417. The Hall–Kier alpha value is -5.02. The van der Waals surface area contributed by atoms with Crippen LogP contribution in [0, 0.1) is 10.1 Å². The zero-order valence-corrected chi connectivity index (χ0v) is 30.7. The zero-order valence-electron chi connectivity index (χ0n) is 29.8. The van der Waals surface area contributed by atoms with Crippen LogP contribution >= 0.6 is 12.6 Å². The summed E-state index contributed by atoms with van der Waals surface area (Å²) in [7, 11) is 1.61. The van der Waals surface area contributed by atoms with Crippen LogP contribution in [0.25, 0.3) is 21.8 Å². The molecule has 15 heteroatoms. The quantitative estimate of drug-likeness (QED) is 0.0295. The largest absolute Gasteiger partial charge is 0.493 e. The highest BCUT2D eigenvalue weighted by Crippen LogP contribution is 2.33. The lowest BCUT2D eigenvalue weighted by Crippen LogP contribution is -2.35. The minimum Gasteiger partial charge on any atom is -0.493 e. The lowest BCUT2D eigenvalue weighted by Gasteiger charge is -2.17. The maximum atomic E-state index is 11.0. The van der Waals surface area contributed by atoms with Gasteiger partial charge in [0.1, 0.15) is 25.1 Å². The maximum Gasteiger partial charge on any atom is 0.294 e. The second-order valence-electron chi connectivity index (χ2n) is 10.5. The number of carbonyl (C=O) groups excluding carboxylic acids is 3. The number of nitrogens with zero attached hydrogens (tertiary/aromatic N) is 1. The highest BCUT2D eigenvalue weighted by molar-refractivity contribution is 7.94. The van der Waals surface area contributed by atoms with Crippen molar-refractivity contribution in [3.05, 3.63) is 76.8 Å². The number of unbranched alkanes of at least 4 members (excludes halogenated alkanes) is 1. The van der Waals surface area contributed by atoms with Gasteiger partial charge in [-0.2, -0.15) is 0 Å². The summed E-state index contributed by atoms with van der Waals surface area (Å²) < 4.78 is 22.3. The Morgan fingerprint density at radius 2 is 1.59 bits per heavy atom. The molecule has 0 saturated carbocycles. The smallest absolute Gasteiger partial charge is 0.294 e. The molecular formula is C36H50N4O10S. The van der Waals surface area contributed by atoms with Crippen LogP contribution in [-0.2, 0) is 24.0 Å². The van der Waals surface area contributed by atoms with E-state index in [9.17, 15) is 19.7 Å². The van der Waals surface area contributed by atoms with Crippen LogP contribution in [-0.4, -0.2) is 80.2 Å². The summed E-state index contributed by atoms with van der Waals surface area (Å²) in [5.74, 6) is 2.07. The minimum atomic E-state index is -0.794. The lowest BCUT2D eigenvalue weighted by molar-refractivity contribution is -0.757. The number of aromatic nitrogens is 1. The molecule has 0 radical (unpaired) electrons. The van der Waals surface area contributed by atoms with Gasteiger partial charge in [-0.1, -0.05) is 50.2 Å². The molecule has 2 unspecified atom stereocenters. The van der Waals surface area contributed by atoms with Crippen molar-refractivity contribution in [1.29, 1.82) is 0 Å². The molecule has 14 nitrogen and oxygen atoms in total. The number of thiol groups is 1. The topological polar surface area (TPSA) is 180 Å². The van der Waals surface area contributed by atoms with E-state index >= 15 is 0 Å². The third kappa shape index (κ3) is 17.5. The number of methoxy groups -OCH3 is 1. The molecule has 4 aromatic rings. The molecule has 0 saturated heterocycles. The predicted octanol–water partition coefficient (Wildman–Crippen LogP) is 5.94. The van der Waals surface area contributed by atoms with Crippen molar-refractivity contribution < 1.29 is 43.3 Å². The normalized spacial score (nSPS) is 11.1. The molecule has 280 valence electrons. The molecule has 0 bridgehead atoms. The summed E-state index contributed by atoms with van der Waals surface area (Å²) in [5, 5.41) is 17.1. The van der Waals surface area contributed by atoms with E-state index in [4.69, 9.17) is 23.7 Å². The molecule has 3 aromatic carbocycles.